The molecule has 0 bridgehead atoms. The minimum atomic E-state index is -1.39. The van der Waals surface area contributed by atoms with Gasteiger partial charge < -0.3 is 30.9 Å². The molecular weight excluding hydrogens is 238 g/mol. The van der Waals surface area contributed by atoms with Gasteiger partial charge in [0.1, 0.15) is 18.2 Å². The number of carboxylic acid groups (broad SMARTS) is 1. The zero-order chi connectivity index (χ0) is 12.3. The molecule has 1 fully saturated rings. The second-order valence-corrected chi connectivity index (χ2v) is 4.60. The number of hydrogen-bond donors (Lipinski definition) is 5. The molecule has 1 aliphatic heterocycles. The van der Waals surface area contributed by atoms with Gasteiger partial charge in [-0.3, -0.25) is 4.79 Å². The van der Waals surface area contributed by atoms with Crippen molar-refractivity contribution < 1.29 is 30.0 Å². The Bertz CT molecular complexity index is 253. The van der Waals surface area contributed by atoms with Crippen molar-refractivity contribution in [3.05, 3.63) is 0 Å². The van der Waals surface area contributed by atoms with E-state index in [2.05, 4.69) is 0 Å². The molecule has 1 aliphatic rings. The summed E-state index contributed by atoms with van der Waals surface area (Å²) in [5, 5.41) is 36.2. The highest BCUT2D eigenvalue weighted by Crippen LogP contribution is 2.22. The van der Waals surface area contributed by atoms with Crippen molar-refractivity contribution in [2.75, 3.05) is 11.5 Å². The molecule has 0 radical (unpaired) electrons. The van der Waals surface area contributed by atoms with Crippen molar-refractivity contribution in [1.29, 1.82) is 0 Å². The van der Waals surface area contributed by atoms with E-state index >= 15 is 0 Å². The van der Waals surface area contributed by atoms with Gasteiger partial charge >= 0.3 is 5.97 Å². The molecule has 16 heavy (non-hydrogen) atoms. The Hall–Kier alpha value is -0.380. The average molecular weight is 253 g/mol. The van der Waals surface area contributed by atoms with Crippen molar-refractivity contribution in [3.63, 3.8) is 0 Å². The molecule has 7 nitrogen and oxygen atoms in total. The van der Waals surface area contributed by atoms with E-state index in [0.29, 0.717) is 0 Å². The molecule has 5 atom stereocenters. The van der Waals surface area contributed by atoms with E-state index in [1.54, 1.807) is 0 Å². The Labute approximate surface area is 96.2 Å². The summed E-state index contributed by atoms with van der Waals surface area (Å²) < 4.78 is 4.87. The highest BCUT2D eigenvalue weighted by Gasteiger charge is 2.41. The number of thioether (sulfide) groups is 1. The van der Waals surface area contributed by atoms with Gasteiger partial charge in [-0.05, 0) is 0 Å². The minimum absolute atomic E-state index is 0.175. The highest BCUT2D eigenvalue weighted by molar-refractivity contribution is 7.99. The first-order valence-corrected chi connectivity index (χ1v) is 5.84. The van der Waals surface area contributed by atoms with Crippen LogP contribution in [0, 0.1) is 0 Å². The first-order valence-electron chi connectivity index (χ1n) is 4.69. The lowest BCUT2D eigenvalue weighted by molar-refractivity contribution is -0.137. The maximum absolute atomic E-state index is 10.4. The first-order chi connectivity index (χ1) is 7.43. The van der Waals surface area contributed by atoms with E-state index in [0.717, 1.165) is 0 Å². The van der Waals surface area contributed by atoms with Crippen LogP contribution in [0.1, 0.15) is 0 Å². The molecule has 8 heteroatoms. The van der Waals surface area contributed by atoms with Crippen molar-refractivity contribution in [1.82, 2.24) is 0 Å². The van der Waals surface area contributed by atoms with Crippen molar-refractivity contribution in [2.45, 2.75) is 30.6 Å². The summed E-state index contributed by atoms with van der Waals surface area (Å²) in [4.78, 5) is 10.4. The Kier molecular flexibility index (Phi) is 4.96. The van der Waals surface area contributed by atoms with Gasteiger partial charge in [0, 0.05) is 11.5 Å². The second-order valence-electron chi connectivity index (χ2n) is 3.53. The molecule has 0 saturated carbocycles. The SMILES string of the molecule is N[C@@H](CSC[C@H]1O[C@@H](O)[C@H](O)[C@@H]1O)C(=O)O. The predicted octanol–water partition coefficient (Wildman–Crippen LogP) is -2.43. The largest absolute Gasteiger partial charge is 0.480 e. The summed E-state index contributed by atoms with van der Waals surface area (Å²) in [6, 6.07) is -0.974. The quantitative estimate of drug-likeness (QED) is 0.365. The third-order valence-corrected chi connectivity index (χ3v) is 3.39. The van der Waals surface area contributed by atoms with E-state index in [9.17, 15) is 15.0 Å². The third-order valence-electron chi connectivity index (χ3n) is 2.23. The molecule has 0 aromatic carbocycles. The smallest absolute Gasteiger partial charge is 0.321 e. The van der Waals surface area contributed by atoms with Crippen molar-refractivity contribution >= 4 is 17.7 Å². The number of carboxylic acids is 1. The molecular formula is C8H15NO6S. The van der Waals surface area contributed by atoms with Crippen LogP contribution in [-0.4, -0.2) is 68.5 Å². The molecule has 1 saturated heterocycles. The number of aliphatic hydroxyl groups is 3. The standard InChI is InChI=1S/C8H15NO6S/c9-3(7(12)13)1-16-2-4-5(10)6(11)8(14)15-4/h3-6,8,10-11,14H,1-2,9H2,(H,12,13)/t3-,4+,5+,6+,8+/m0/s1. The Morgan fingerprint density at radius 2 is 2.00 bits per heavy atom. The fraction of sp³-hybridized carbons (Fsp3) is 0.875. The van der Waals surface area contributed by atoms with Gasteiger partial charge in [0.25, 0.3) is 0 Å². The number of ether oxygens (including phenoxy) is 1. The van der Waals surface area contributed by atoms with Gasteiger partial charge in [-0.15, -0.1) is 0 Å². The number of nitrogens with two attached hydrogens (primary N) is 1. The third kappa shape index (κ3) is 3.30. The fourth-order valence-corrected chi connectivity index (χ4v) is 2.29. The van der Waals surface area contributed by atoms with Crippen LogP contribution in [-0.2, 0) is 9.53 Å². The van der Waals surface area contributed by atoms with Crippen LogP contribution in [0.25, 0.3) is 0 Å². The van der Waals surface area contributed by atoms with Crippen LogP contribution >= 0.6 is 11.8 Å². The van der Waals surface area contributed by atoms with Crippen molar-refractivity contribution in [3.8, 4) is 0 Å². The molecule has 0 aromatic heterocycles. The molecule has 0 aliphatic carbocycles. The van der Waals surface area contributed by atoms with Gasteiger partial charge in [-0.2, -0.15) is 11.8 Å². The lowest BCUT2D eigenvalue weighted by Gasteiger charge is -2.14. The van der Waals surface area contributed by atoms with Crippen LogP contribution in [0.5, 0.6) is 0 Å². The molecule has 0 amide bonds. The summed E-state index contributed by atoms with van der Waals surface area (Å²) in [7, 11) is 0. The highest BCUT2D eigenvalue weighted by atomic mass is 32.2. The van der Waals surface area contributed by atoms with Gasteiger partial charge in [0.2, 0.25) is 0 Å². The molecule has 1 heterocycles. The number of rotatable bonds is 5. The Morgan fingerprint density at radius 1 is 1.38 bits per heavy atom. The van der Waals surface area contributed by atoms with Gasteiger partial charge in [0.05, 0.1) is 6.10 Å². The summed E-state index contributed by atoms with van der Waals surface area (Å²) in [5.41, 5.74) is 5.27. The van der Waals surface area contributed by atoms with Gasteiger partial charge in [0.15, 0.2) is 6.29 Å². The van der Waals surface area contributed by atoms with Crippen LogP contribution in [0.15, 0.2) is 0 Å². The van der Waals surface area contributed by atoms with Crippen molar-refractivity contribution in [2.24, 2.45) is 5.73 Å². The predicted molar refractivity (Wildman–Crippen MR) is 55.8 cm³/mol. The van der Waals surface area contributed by atoms with Gasteiger partial charge in [-0.25, -0.2) is 0 Å². The van der Waals surface area contributed by atoms with E-state index in [1.165, 1.54) is 11.8 Å². The van der Waals surface area contributed by atoms with E-state index < -0.39 is 36.6 Å². The first kappa shape index (κ1) is 13.7. The van der Waals surface area contributed by atoms with Crippen LogP contribution < -0.4 is 5.73 Å². The summed E-state index contributed by atoms with van der Waals surface area (Å²) >= 11 is 1.18. The molecule has 0 unspecified atom stereocenters. The molecule has 94 valence electrons. The number of aliphatic carboxylic acids is 1. The zero-order valence-electron chi connectivity index (χ0n) is 8.39. The van der Waals surface area contributed by atoms with E-state index in [-0.39, 0.29) is 11.5 Å². The summed E-state index contributed by atoms with van der Waals surface area (Å²) in [6.45, 7) is 0. The summed E-state index contributed by atoms with van der Waals surface area (Å²) in [5.74, 6) is -0.662. The molecule has 0 aromatic rings. The zero-order valence-corrected chi connectivity index (χ0v) is 9.21. The van der Waals surface area contributed by atoms with E-state index in [4.69, 9.17) is 20.7 Å². The average Bonchev–Trinajstić information content (AvgIpc) is 2.46. The molecule has 0 spiro atoms. The van der Waals surface area contributed by atoms with Crippen LogP contribution in [0.2, 0.25) is 0 Å². The van der Waals surface area contributed by atoms with Crippen LogP contribution in [0.3, 0.4) is 0 Å². The minimum Gasteiger partial charge on any atom is -0.480 e. The molecule has 1 rings (SSSR count). The Morgan fingerprint density at radius 3 is 2.44 bits per heavy atom. The number of carbonyl (C=O) groups is 1. The van der Waals surface area contributed by atoms with Crippen LogP contribution in [0.4, 0.5) is 0 Å². The maximum Gasteiger partial charge on any atom is 0.321 e. The normalized spacial score (nSPS) is 36.2. The van der Waals surface area contributed by atoms with E-state index in [1.807, 2.05) is 0 Å². The molecule has 6 N–H and O–H groups in total. The monoisotopic (exact) mass is 253 g/mol. The second kappa shape index (κ2) is 5.80. The lowest BCUT2D eigenvalue weighted by Crippen LogP contribution is -2.35. The summed E-state index contributed by atoms with van der Waals surface area (Å²) in [6.07, 6.45) is -4.59. The lowest BCUT2D eigenvalue weighted by atomic mass is 10.2. The fourth-order valence-electron chi connectivity index (χ4n) is 1.25. The number of aliphatic hydroxyl groups excluding tert-OH is 3. The van der Waals surface area contributed by atoms with Gasteiger partial charge in [-0.1, -0.05) is 0 Å². The maximum atomic E-state index is 10.4. The Balaban J connectivity index is 2.26. The topological polar surface area (TPSA) is 133 Å². The number of hydrogen-bond acceptors (Lipinski definition) is 7.